The smallest absolute Gasteiger partial charge is 0.180 e. The average molecular weight is 472 g/mol. The van der Waals surface area contributed by atoms with Gasteiger partial charge in [-0.2, -0.15) is 5.26 Å². The molecule has 32 heavy (non-hydrogen) atoms. The van der Waals surface area contributed by atoms with Crippen LogP contribution in [-0.2, 0) is 4.74 Å². The van der Waals surface area contributed by atoms with E-state index in [4.69, 9.17) is 16.9 Å². The number of hydrogen-bond acceptors (Lipinski definition) is 12. The van der Waals surface area contributed by atoms with Crippen molar-refractivity contribution in [2.45, 2.75) is 34.7 Å². The molecule has 1 fully saturated rings. The highest BCUT2D eigenvalue weighted by molar-refractivity contribution is 7.99. The molecule has 11 nitrogen and oxygen atoms in total. The van der Waals surface area contributed by atoms with Crippen molar-refractivity contribution in [1.82, 2.24) is 25.0 Å². The third kappa shape index (κ3) is 4.18. The second-order valence-corrected chi connectivity index (χ2v) is 8.83. The van der Waals surface area contributed by atoms with Gasteiger partial charge in [0.1, 0.15) is 47.2 Å². The monoisotopic (exact) mass is 471 g/mol. The van der Waals surface area contributed by atoms with E-state index in [2.05, 4.69) is 26.2 Å². The van der Waals surface area contributed by atoms with Gasteiger partial charge in [0.05, 0.1) is 12.8 Å². The molecule has 164 valence electrons. The van der Waals surface area contributed by atoms with Crippen LogP contribution in [0.1, 0.15) is 17.3 Å². The number of aromatic nitrogens is 5. The number of thiazole rings is 1. The normalized spacial score (nSPS) is 25.2. The maximum Gasteiger partial charge on any atom is 0.180 e. The molecule has 3 aromatic rings. The molecule has 5 N–H and O–H groups in total. The molecule has 4 rings (SSSR count). The van der Waals surface area contributed by atoms with E-state index >= 15 is 0 Å². The van der Waals surface area contributed by atoms with Gasteiger partial charge in [-0.15, -0.1) is 22.9 Å². The minimum Gasteiger partial charge on any atom is -0.394 e. The Balaban J connectivity index is 1.65. The Hall–Kier alpha value is -3.04. The van der Waals surface area contributed by atoms with Gasteiger partial charge in [0.25, 0.3) is 0 Å². The quantitative estimate of drug-likeness (QED) is 0.368. The summed E-state index contributed by atoms with van der Waals surface area (Å²) in [6, 6.07) is 2.56. The second-order valence-electron chi connectivity index (χ2n) is 6.80. The summed E-state index contributed by atoms with van der Waals surface area (Å²) in [5, 5.41) is 51.0. The Morgan fingerprint density at radius 2 is 2.16 bits per heavy atom. The van der Waals surface area contributed by atoms with Crippen LogP contribution in [0.25, 0.3) is 11.4 Å². The van der Waals surface area contributed by atoms with Crippen molar-refractivity contribution >= 4 is 28.2 Å². The average Bonchev–Trinajstić information content (AvgIpc) is 3.45. The lowest BCUT2D eigenvalue weighted by Crippen LogP contribution is -2.55. The van der Waals surface area contributed by atoms with Crippen LogP contribution in [0.4, 0.5) is 5.13 Å². The van der Waals surface area contributed by atoms with Gasteiger partial charge in [-0.1, -0.05) is 22.9 Å². The first-order valence-electron chi connectivity index (χ1n) is 9.24. The van der Waals surface area contributed by atoms with E-state index in [1.807, 2.05) is 6.07 Å². The number of rotatable bonds is 5. The Labute approximate surface area is 190 Å². The van der Waals surface area contributed by atoms with E-state index in [0.29, 0.717) is 27.0 Å². The zero-order valence-corrected chi connectivity index (χ0v) is 17.9. The molecular formula is C19H17N7O4S2. The van der Waals surface area contributed by atoms with Crippen molar-refractivity contribution in [3.8, 4) is 29.8 Å². The predicted octanol–water partition coefficient (Wildman–Crippen LogP) is 0.00418. The van der Waals surface area contributed by atoms with Crippen LogP contribution in [0.3, 0.4) is 0 Å². The van der Waals surface area contributed by atoms with Crippen LogP contribution in [-0.4, -0.2) is 70.6 Å². The zero-order chi connectivity index (χ0) is 22.8. The van der Waals surface area contributed by atoms with E-state index in [9.17, 15) is 20.6 Å². The number of hydrogen-bond donors (Lipinski definition) is 4. The van der Waals surface area contributed by atoms with Crippen molar-refractivity contribution in [3.63, 3.8) is 0 Å². The third-order valence-corrected chi connectivity index (χ3v) is 6.68. The molecule has 0 unspecified atom stereocenters. The zero-order valence-electron chi connectivity index (χ0n) is 16.3. The SMILES string of the molecule is C#Cc1cnc(C#N)c(S[C@@H]2O[C@@H](CO)[C@@H](O)[C@@H](n3cc(-c4csc(N)n4)nn3)[C@@H]2O)c1. The largest absolute Gasteiger partial charge is 0.394 e. The molecule has 0 spiro atoms. The number of aliphatic hydroxyl groups is 3. The van der Waals surface area contributed by atoms with Crippen molar-refractivity contribution in [1.29, 1.82) is 5.26 Å². The first-order valence-corrected chi connectivity index (χ1v) is 11.0. The molecule has 3 aromatic heterocycles. The minimum atomic E-state index is -1.28. The summed E-state index contributed by atoms with van der Waals surface area (Å²) in [5.41, 5.74) is 6.18. The van der Waals surface area contributed by atoms with Crippen LogP contribution in [0.5, 0.6) is 0 Å². The molecule has 0 saturated carbocycles. The lowest BCUT2D eigenvalue weighted by molar-refractivity contribution is -0.178. The summed E-state index contributed by atoms with van der Waals surface area (Å²) in [6.45, 7) is -0.501. The minimum absolute atomic E-state index is 0.109. The predicted molar refractivity (Wildman–Crippen MR) is 115 cm³/mol. The number of nitrogen functional groups attached to an aromatic ring is 1. The number of anilines is 1. The van der Waals surface area contributed by atoms with Crippen LogP contribution in [0.15, 0.2) is 28.7 Å². The van der Waals surface area contributed by atoms with Crippen molar-refractivity contribution < 1.29 is 20.1 Å². The third-order valence-electron chi connectivity index (χ3n) is 4.82. The molecule has 0 aliphatic carbocycles. The Morgan fingerprint density at radius 1 is 1.34 bits per heavy atom. The first-order chi connectivity index (χ1) is 15.4. The Morgan fingerprint density at radius 3 is 2.81 bits per heavy atom. The van der Waals surface area contributed by atoms with Gasteiger partial charge < -0.3 is 25.8 Å². The molecule has 5 atom stereocenters. The molecule has 0 radical (unpaired) electrons. The van der Waals surface area contributed by atoms with E-state index in [1.165, 1.54) is 28.4 Å². The van der Waals surface area contributed by atoms with Crippen LogP contribution >= 0.6 is 23.1 Å². The number of thioether (sulfide) groups is 1. The van der Waals surface area contributed by atoms with Crippen molar-refractivity contribution in [2.75, 3.05) is 12.3 Å². The van der Waals surface area contributed by atoms with Crippen LogP contribution in [0.2, 0.25) is 0 Å². The molecule has 1 saturated heterocycles. The van der Waals surface area contributed by atoms with Gasteiger partial charge in [-0.05, 0) is 6.07 Å². The number of nitriles is 1. The summed E-state index contributed by atoms with van der Waals surface area (Å²) < 4.78 is 7.02. The summed E-state index contributed by atoms with van der Waals surface area (Å²) >= 11 is 2.26. The fourth-order valence-electron chi connectivity index (χ4n) is 3.25. The Bertz CT molecular complexity index is 1200. The number of aliphatic hydroxyl groups excluding tert-OH is 3. The summed E-state index contributed by atoms with van der Waals surface area (Å²) in [6.07, 6.45) is 4.76. The van der Waals surface area contributed by atoms with Gasteiger partial charge in [0.15, 0.2) is 10.8 Å². The molecule has 1 aliphatic heterocycles. The topological polar surface area (TPSA) is 176 Å². The van der Waals surface area contributed by atoms with Crippen molar-refractivity contribution in [3.05, 3.63) is 35.1 Å². The summed E-state index contributed by atoms with van der Waals surface area (Å²) in [5.74, 6) is 2.44. The van der Waals surface area contributed by atoms with Gasteiger partial charge in [-0.3, -0.25) is 0 Å². The van der Waals surface area contributed by atoms with E-state index in [1.54, 1.807) is 11.4 Å². The van der Waals surface area contributed by atoms with Crippen molar-refractivity contribution in [2.24, 2.45) is 0 Å². The summed E-state index contributed by atoms with van der Waals surface area (Å²) in [4.78, 5) is 8.57. The maximum atomic E-state index is 11.0. The highest BCUT2D eigenvalue weighted by Gasteiger charge is 2.46. The Kier molecular flexibility index (Phi) is 6.38. The van der Waals surface area contributed by atoms with Gasteiger partial charge in [0.2, 0.25) is 0 Å². The second kappa shape index (κ2) is 9.22. The molecular weight excluding hydrogens is 454 g/mol. The molecule has 1 aliphatic rings. The van der Waals surface area contributed by atoms with Crippen LogP contribution < -0.4 is 5.73 Å². The molecule has 0 bridgehead atoms. The standard InChI is InChI=1S/C19H17N7O4S2/c1-2-9-3-14(10(4-20)22-5-9)32-18-17(29)15(16(28)13(7-27)30-18)26-6-11(24-25-26)12-8-31-19(21)23-12/h1,3,5-6,8,13,15-18,27-29H,7H2,(H2,21,23)/t13-,15+,16+,17-,18-/m0/s1. The van der Waals surface area contributed by atoms with E-state index in [-0.39, 0.29) is 5.69 Å². The van der Waals surface area contributed by atoms with E-state index < -0.39 is 36.4 Å². The van der Waals surface area contributed by atoms with E-state index in [0.717, 1.165) is 11.8 Å². The highest BCUT2D eigenvalue weighted by Crippen LogP contribution is 2.39. The molecule has 0 amide bonds. The number of nitrogens with two attached hydrogens (primary N) is 1. The highest BCUT2D eigenvalue weighted by atomic mass is 32.2. The lowest BCUT2D eigenvalue weighted by Gasteiger charge is -2.41. The number of ether oxygens (including phenoxy) is 1. The number of terminal acetylenes is 1. The fourth-order valence-corrected chi connectivity index (χ4v) is 4.96. The lowest BCUT2D eigenvalue weighted by atomic mass is 9.97. The summed E-state index contributed by atoms with van der Waals surface area (Å²) in [7, 11) is 0. The maximum absolute atomic E-state index is 11.0. The number of pyridine rings is 1. The van der Waals surface area contributed by atoms with Gasteiger partial charge >= 0.3 is 0 Å². The molecule has 0 aromatic carbocycles. The van der Waals surface area contributed by atoms with Gasteiger partial charge in [-0.25, -0.2) is 14.6 Å². The van der Waals surface area contributed by atoms with Crippen LogP contribution in [0, 0.1) is 23.7 Å². The number of nitrogens with zero attached hydrogens (tertiary/aromatic N) is 6. The first kappa shape index (κ1) is 22.2. The molecule has 4 heterocycles. The molecule has 13 heteroatoms. The fraction of sp³-hybridized carbons (Fsp3) is 0.316. The van der Waals surface area contributed by atoms with Gasteiger partial charge in [0, 0.05) is 22.0 Å².